The highest BCUT2D eigenvalue weighted by Gasteiger charge is 2.10. The summed E-state index contributed by atoms with van der Waals surface area (Å²) in [5.74, 6) is 0. The molecule has 17 heavy (non-hydrogen) atoms. The van der Waals surface area contributed by atoms with Crippen molar-refractivity contribution in [2.45, 2.75) is 13.0 Å². The van der Waals surface area contributed by atoms with Crippen molar-refractivity contribution in [1.29, 1.82) is 0 Å². The highest BCUT2D eigenvalue weighted by molar-refractivity contribution is 9.10. The Morgan fingerprint density at radius 1 is 1.59 bits per heavy atom. The number of nitrogens with zero attached hydrogens (tertiary/aromatic N) is 1. The molecule has 4 heteroatoms. The number of aliphatic hydroxyl groups is 1. The number of nitrogens with two attached hydrogens (primary N) is 1. The maximum atomic E-state index is 9.05. The normalized spacial score (nSPS) is 12.2. The Hall–Kier alpha value is -0.840. The van der Waals surface area contributed by atoms with Crippen molar-refractivity contribution in [3.63, 3.8) is 0 Å². The summed E-state index contributed by atoms with van der Waals surface area (Å²) in [6.07, 6.45) is 1.82. The van der Waals surface area contributed by atoms with Gasteiger partial charge in [0.2, 0.25) is 0 Å². The molecule has 1 unspecified atom stereocenters. The Kier molecular flexibility index (Phi) is 5.68. The lowest BCUT2D eigenvalue weighted by Crippen LogP contribution is -2.27. The van der Waals surface area contributed by atoms with Gasteiger partial charge in [0, 0.05) is 23.6 Å². The lowest BCUT2D eigenvalue weighted by Gasteiger charge is -2.24. The highest BCUT2D eigenvalue weighted by atomic mass is 79.9. The van der Waals surface area contributed by atoms with Crippen LogP contribution in [-0.2, 0) is 0 Å². The van der Waals surface area contributed by atoms with Gasteiger partial charge in [-0.1, -0.05) is 12.1 Å². The molecule has 0 saturated carbocycles. The lowest BCUT2D eigenvalue weighted by molar-refractivity contribution is 0.303. The topological polar surface area (TPSA) is 49.5 Å². The number of aliphatic hydroxyl groups excluding tert-OH is 1. The van der Waals surface area contributed by atoms with E-state index in [4.69, 9.17) is 10.8 Å². The van der Waals surface area contributed by atoms with E-state index in [1.807, 2.05) is 31.2 Å². The number of anilines is 1. The Morgan fingerprint density at radius 3 is 2.76 bits per heavy atom. The van der Waals surface area contributed by atoms with Crippen LogP contribution < -0.4 is 10.6 Å². The van der Waals surface area contributed by atoms with E-state index >= 15 is 0 Å². The molecule has 0 fully saturated rings. The van der Waals surface area contributed by atoms with Gasteiger partial charge in [0.25, 0.3) is 0 Å². The largest absolute Gasteiger partial charge is 0.395 e. The SMILES string of the molecule is C=CCN(CCO)c1ccc(C(C)N)cc1Br. The third-order valence-corrected chi connectivity index (χ3v) is 3.19. The van der Waals surface area contributed by atoms with E-state index in [0.29, 0.717) is 13.1 Å². The Bertz CT molecular complexity index is 380. The summed E-state index contributed by atoms with van der Waals surface area (Å²) < 4.78 is 0.989. The molecule has 1 atom stereocenters. The summed E-state index contributed by atoms with van der Waals surface area (Å²) in [5.41, 5.74) is 7.97. The number of halogens is 1. The van der Waals surface area contributed by atoms with Crippen LogP contribution in [0.3, 0.4) is 0 Å². The van der Waals surface area contributed by atoms with E-state index in [2.05, 4.69) is 27.4 Å². The maximum absolute atomic E-state index is 9.05. The predicted octanol–water partition coefficient (Wildman–Crippen LogP) is 2.45. The lowest BCUT2D eigenvalue weighted by atomic mass is 10.1. The second-order valence-electron chi connectivity index (χ2n) is 3.96. The molecule has 1 rings (SSSR count). The first kappa shape index (κ1) is 14.2. The van der Waals surface area contributed by atoms with Gasteiger partial charge < -0.3 is 15.7 Å². The minimum atomic E-state index is 0.0195. The Balaban J connectivity index is 2.99. The molecule has 0 spiro atoms. The molecule has 1 aromatic rings. The number of benzene rings is 1. The third kappa shape index (κ3) is 3.84. The van der Waals surface area contributed by atoms with Crippen molar-refractivity contribution < 1.29 is 5.11 Å². The molecule has 0 amide bonds. The summed E-state index contributed by atoms with van der Waals surface area (Å²) in [6, 6.07) is 6.07. The molecule has 1 aromatic carbocycles. The summed E-state index contributed by atoms with van der Waals surface area (Å²) in [6.45, 7) is 7.09. The zero-order valence-electron chi connectivity index (χ0n) is 10.1. The number of hydrogen-bond acceptors (Lipinski definition) is 3. The summed E-state index contributed by atoms with van der Waals surface area (Å²) in [5, 5.41) is 9.05. The fourth-order valence-electron chi connectivity index (χ4n) is 1.65. The molecule has 3 N–H and O–H groups in total. The van der Waals surface area contributed by atoms with E-state index in [-0.39, 0.29) is 12.6 Å². The van der Waals surface area contributed by atoms with Crippen LogP contribution in [0, 0.1) is 0 Å². The van der Waals surface area contributed by atoms with Crippen molar-refractivity contribution in [3.8, 4) is 0 Å². The first-order valence-corrected chi connectivity index (χ1v) is 6.41. The fraction of sp³-hybridized carbons (Fsp3) is 0.385. The average molecular weight is 299 g/mol. The molecular formula is C13H19BrN2O. The van der Waals surface area contributed by atoms with Crippen LogP contribution in [0.5, 0.6) is 0 Å². The Labute approximate surface area is 111 Å². The summed E-state index contributed by atoms with van der Waals surface area (Å²) >= 11 is 3.54. The van der Waals surface area contributed by atoms with Gasteiger partial charge in [0.1, 0.15) is 0 Å². The average Bonchev–Trinajstić information content (AvgIpc) is 2.28. The predicted molar refractivity (Wildman–Crippen MR) is 76.2 cm³/mol. The van der Waals surface area contributed by atoms with Gasteiger partial charge in [-0.3, -0.25) is 0 Å². The third-order valence-electron chi connectivity index (χ3n) is 2.56. The summed E-state index contributed by atoms with van der Waals surface area (Å²) in [7, 11) is 0. The minimum absolute atomic E-state index is 0.0195. The molecule has 0 bridgehead atoms. The van der Waals surface area contributed by atoms with Crippen molar-refractivity contribution >= 4 is 21.6 Å². The summed E-state index contributed by atoms with van der Waals surface area (Å²) in [4.78, 5) is 2.06. The van der Waals surface area contributed by atoms with E-state index < -0.39 is 0 Å². The van der Waals surface area contributed by atoms with Crippen LogP contribution in [0.1, 0.15) is 18.5 Å². The molecule has 0 heterocycles. The first-order valence-electron chi connectivity index (χ1n) is 5.62. The van der Waals surface area contributed by atoms with Crippen molar-refractivity contribution in [2.24, 2.45) is 5.73 Å². The molecular weight excluding hydrogens is 280 g/mol. The van der Waals surface area contributed by atoms with Crippen LogP contribution >= 0.6 is 15.9 Å². The zero-order valence-corrected chi connectivity index (χ0v) is 11.7. The van der Waals surface area contributed by atoms with Crippen LogP contribution in [0.4, 0.5) is 5.69 Å². The molecule has 0 saturated heterocycles. The molecule has 3 nitrogen and oxygen atoms in total. The highest BCUT2D eigenvalue weighted by Crippen LogP contribution is 2.28. The van der Waals surface area contributed by atoms with E-state index in [9.17, 15) is 0 Å². The molecule has 0 radical (unpaired) electrons. The van der Waals surface area contributed by atoms with Gasteiger partial charge in [0.05, 0.1) is 12.3 Å². The van der Waals surface area contributed by atoms with Gasteiger partial charge in [0.15, 0.2) is 0 Å². The van der Waals surface area contributed by atoms with Crippen LogP contribution in [-0.4, -0.2) is 24.8 Å². The second-order valence-corrected chi connectivity index (χ2v) is 4.81. The van der Waals surface area contributed by atoms with Gasteiger partial charge >= 0.3 is 0 Å². The molecule has 0 aliphatic rings. The van der Waals surface area contributed by atoms with Crippen molar-refractivity contribution in [2.75, 3.05) is 24.6 Å². The Morgan fingerprint density at radius 2 is 2.29 bits per heavy atom. The molecule has 0 aromatic heterocycles. The maximum Gasteiger partial charge on any atom is 0.0606 e. The molecule has 0 aliphatic heterocycles. The monoisotopic (exact) mass is 298 g/mol. The van der Waals surface area contributed by atoms with Gasteiger partial charge in [-0.2, -0.15) is 0 Å². The standard InChI is InChI=1S/C13H19BrN2O/c1-3-6-16(7-8-17)13-5-4-11(10(2)15)9-12(13)14/h3-5,9-10,17H,1,6-8,15H2,2H3. The van der Waals surface area contributed by atoms with Crippen molar-refractivity contribution in [3.05, 3.63) is 40.9 Å². The van der Waals surface area contributed by atoms with E-state index in [1.54, 1.807) is 0 Å². The van der Waals surface area contributed by atoms with Crippen LogP contribution in [0.25, 0.3) is 0 Å². The minimum Gasteiger partial charge on any atom is -0.395 e. The van der Waals surface area contributed by atoms with Crippen LogP contribution in [0.15, 0.2) is 35.3 Å². The molecule has 0 aliphatic carbocycles. The van der Waals surface area contributed by atoms with E-state index in [1.165, 1.54) is 0 Å². The van der Waals surface area contributed by atoms with Gasteiger partial charge in [-0.15, -0.1) is 6.58 Å². The van der Waals surface area contributed by atoms with Gasteiger partial charge in [-0.25, -0.2) is 0 Å². The van der Waals surface area contributed by atoms with Crippen LogP contribution in [0.2, 0.25) is 0 Å². The van der Waals surface area contributed by atoms with Crippen molar-refractivity contribution in [1.82, 2.24) is 0 Å². The smallest absolute Gasteiger partial charge is 0.0606 e. The van der Waals surface area contributed by atoms with Gasteiger partial charge in [-0.05, 0) is 40.5 Å². The fourth-order valence-corrected chi connectivity index (χ4v) is 2.30. The second kappa shape index (κ2) is 6.79. The quantitative estimate of drug-likeness (QED) is 0.793. The van der Waals surface area contributed by atoms with E-state index in [0.717, 1.165) is 15.7 Å². The zero-order chi connectivity index (χ0) is 12.8. The first-order chi connectivity index (χ1) is 8.10. The number of hydrogen-bond donors (Lipinski definition) is 2. The molecule has 94 valence electrons. The number of rotatable bonds is 6.